The number of phenolic OH excluding ortho intramolecular Hbond substituents is 1. The molecule has 0 spiro atoms. The van der Waals surface area contributed by atoms with E-state index in [0.717, 1.165) is 12.8 Å². The summed E-state index contributed by atoms with van der Waals surface area (Å²) < 4.78 is 25.9. The van der Waals surface area contributed by atoms with E-state index in [9.17, 15) is 13.5 Å². The lowest BCUT2D eigenvalue weighted by Crippen LogP contribution is -2.35. The molecular formula is C12H20N2O3S. The number of rotatable bonds is 5. The number of nitrogens with zero attached hydrogens (tertiary/aromatic N) is 1. The van der Waals surface area contributed by atoms with Gasteiger partial charge in [-0.05, 0) is 31.5 Å². The summed E-state index contributed by atoms with van der Waals surface area (Å²) in [6, 6.07) is 3.85. The van der Waals surface area contributed by atoms with Crippen LogP contribution in [0.5, 0.6) is 5.75 Å². The van der Waals surface area contributed by atoms with Gasteiger partial charge in [0.15, 0.2) is 0 Å². The standard InChI is InChI=1S/C12H20N2O3S/c1-4-5-9(2)14(3)18(16,17)10-6-7-12(15)11(13)8-10/h6-9,15H,4-5,13H2,1-3H3. The maximum Gasteiger partial charge on any atom is 0.243 e. The van der Waals surface area contributed by atoms with Crippen molar-refractivity contribution >= 4 is 15.7 Å². The van der Waals surface area contributed by atoms with Crippen molar-refractivity contribution in [2.24, 2.45) is 0 Å². The summed E-state index contributed by atoms with van der Waals surface area (Å²) in [5.74, 6) is -0.113. The average Bonchev–Trinajstić information content (AvgIpc) is 2.31. The molecule has 1 atom stereocenters. The van der Waals surface area contributed by atoms with Gasteiger partial charge in [-0.1, -0.05) is 13.3 Å². The van der Waals surface area contributed by atoms with E-state index in [1.54, 1.807) is 7.05 Å². The number of hydrogen-bond donors (Lipinski definition) is 2. The Labute approximate surface area is 108 Å². The van der Waals surface area contributed by atoms with Crippen LogP contribution in [0.4, 0.5) is 5.69 Å². The third-order valence-electron chi connectivity index (χ3n) is 3.00. The minimum atomic E-state index is -3.56. The highest BCUT2D eigenvalue weighted by atomic mass is 32.2. The first-order chi connectivity index (χ1) is 8.30. The second-order valence-electron chi connectivity index (χ2n) is 4.38. The van der Waals surface area contributed by atoms with Crippen LogP contribution in [0.1, 0.15) is 26.7 Å². The molecule has 18 heavy (non-hydrogen) atoms. The number of benzene rings is 1. The van der Waals surface area contributed by atoms with Crippen molar-refractivity contribution in [3.05, 3.63) is 18.2 Å². The van der Waals surface area contributed by atoms with Gasteiger partial charge in [-0.15, -0.1) is 0 Å². The first-order valence-electron chi connectivity index (χ1n) is 5.87. The molecule has 3 N–H and O–H groups in total. The average molecular weight is 272 g/mol. The van der Waals surface area contributed by atoms with Gasteiger partial charge >= 0.3 is 0 Å². The van der Waals surface area contributed by atoms with Crippen molar-refractivity contribution in [1.82, 2.24) is 4.31 Å². The van der Waals surface area contributed by atoms with Gasteiger partial charge in [-0.2, -0.15) is 4.31 Å². The van der Waals surface area contributed by atoms with Crippen LogP contribution in [-0.4, -0.2) is 30.9 Å². The molecule has 0 aliphatic rings. The molecule has 0 fully saturated rings. The highest BCUT2D eigenvalue weighted by molar-refractivity contribution is 7.89. The predicted octanol–water partition coefficient (Wildman–Crippen LogP) is 1.78. The molecule has 0 amide bonds. The molecular weight excluding hydrogens is 252 g/mol. The zero-order chi connectivity index (χ0) is 13.9. The zero-order valence-electron chi connectivity index (χ0n) is 10.9. The number of nitrogen functional groups attached to an aromatic ring is 1. The molecule has 0 saturated heterocycles. The highest BCUT2D eigenvalue weighted by Crippen LogP contribution is 2.26. The Morgan fingerprint density at radius 3 is 2.56 bits per heavy atom. The monoisotopic (exact) mass is 272 g/mol. The van der Waals surface area contributed by atoms with Crippen molar-refractivity contribution in [2.75, 3.05) is 12.8 Å². The summed E-state index contributed by atoms with van der Waals surface area (Å²) in [6.45, 7) is 3.88. The summed E-state index contributed by atoms with van der Waals surface area (Å²) >= 11 is 0. The van der Waals surface area contributed by atoms with Crippen molar-refractivity contribution < 1.29 is 13.5 Å². The molecule has 1 unspecified atom stereocenters. The van der Waals surface area contributed by atoms with E-state index >= 15 is 0 Å². The predicted molar refractivity (Wildman–Crippen MR) is 71.8 cm³/mol. The van der Waals surface area contributed by atoms with Crippen LogP contribution in [0.15, 0.2) is 23.1 Å². The summed E-state index contributed by atoms with van der Waals surface area (Å²) in [5.41, 5.74) is 5.58. The lowest BCUT2D eigenvalue weighted by atomic mass is 10.2. The lowest BCUT2D eigenvalue weighted by molar-refractivity contribution is 0.368. The molecule has 1 aromatic carbocycles. The Kier molecular flexibility index (Phi) is 4.59. The van der Waals surface area contributed by atoms with E-state index in [-0.39, 0.29) is 22.4 Å². The van der Waals surface area contributed by atoms with Crippen LogP contribution < -0.4 is 5.73 Å². The number of anilines is 1. The van der Waals surface area contributed by atoms with Crippen LogP contribution in [-0.2, 0) is 10.0 Å². The quantitative estimate of drug-likeness (QED) is 0.632. The molecule has 0 radical (unpaired) electrons. The Morgan fingerprint density at radius 2 is 2.06 bits per heavy atom. The van der Waals surface area contributed by atoms with Crippen LogP contribution in [0.25, 0.3) is 0 Å². The normalized spacial score (nSPS) is 13.8. The SMILES string of the molecule is CCCC(C)N(C)S(=O)(=O)c1ccc(O)c(N)c1. The molecule has 0 bridgehead atoms. The maximum absolute atomic E-state index is 12.3. The van der Waals surface area contributed by atoms with Crippen LogP contribution in [0, 0.1) is 0 Å². The number of phenols is 1. The number of hydrogen-bond acceptors (Lipinski definition) is 4. The van der Waals surface area contributed by atoms with E-state index in [1.807, 2.05) is 13.8 Å². The van der Waals surface area contributed by atoms with Gasteiger partial charge in [-0.25, -0.2) is 8.42 Å². The van der Waals surface area contributed by atoms with Crippen molar-refractivity contribution in [2.45, 2.75) is 37.6 Å². The first-order valence-corrected chi connectivity index (χ1v) is 7.31. The maximum atomic E-state index is 12.3. The third-order valence-corrected chi connectivity index (χ3v) is 4.97. The third kappa shape index (κ3) is 2.94. The van der Waals surface area contributed by atoms with Crippen molar-refractivity contribution in [3.8, 4) is 5.75 Å². The molecule has 1 rings (SSSR count). The smallest absolute Gasteiger partial charge is 0.243 e. The molecule has 5 nitrogen and oxygen atoms in total. The van der Waals surface area contributed by atoms with Gasteiger partial charge in [-0.3, -0.25) is 0 Å². The largest absolute Gasteiger partial charge is 0.506 e. The molecule has 102 valence electrons. The second kappa shape index (κ2) is 5.58. The van der Waals surface area contributed by atoms with Crippen molar-refractivity contribution in [3.63, 3.8) is 0 Å². The Bertz CT molecular complexity index is 514. The molecule has 0 heterocycles. The minimum absolute atomic E-state index is 0.0626. The first kappa shape index (κ1) is 14.8. The summed E-state index contributed by atoms with van der Waals surface area (Å²) in [7, 11) is -2.00. The topological polar surface area (TPSA) is 83.6 Å². The van der Waals surface area contributed by atoms with E-state index in [0.29, 0.717) is 0 Å². The molecule has 0 aromatic heterocycles. The van der Waals surface area contributed by atoms with Gasteiger partial charge in [0.25, 0.3) is 0 Å². The fourth-order valence-electron chi connectivity index (χ4n) is 1.70. The molecule has 6 heteroatoms. The second-order valence-corrected chi connectivity index (χ2v) is 6.38. The number of nitrogens with two attached hydrogens (primary N) is 1. The van der Waals surface area contributed by atoms with Gasteiger partial charge in [0.2, 0.25) is 10.0 Å². The molecule has 0 aliphatic carbocycles. The summed E-state index contributed by atoms with van der Waals surface area (Å²) in [6.07, 6.45) is 1.71. The fourth-order valence-corrected chi connectivity index (χ4v) is 3.12. The van der Waals surface area contributed by atoms with Gasteiger partial charge in [0.1, 0.15) is 5.75 Å². The lowest BCUT2D eigenvalue weighted by Gasteiger charge is -2.24. The minimum Gasteiger partial charge on any atom is -0.506 e. The summed E-state index contributed by atoms with van der Waals surface area (Å²) in [4.78, 5) is 0.100. The van der Waals surface area contributed by atoms with E-state index in [2.05, 4.69) is 0 Å². The summed E-state index contributed by atoms with van der Waals surface area (Å²) in [5, 5.41) is 9.31. The highest BCUT2D eigenvalue weighted by Gasteiger charge is 2.25. The van der Waals surface area contributed by atoms with Gasteiger partial charge in [0.05, 0.1) is 10.6 Å². The Morgan fingerprint density at radius 1 is 1.44 bits per heavy atom. The van der Waals surface area contributed by atoms with Gasteiger partial charge in [0, 0.05) is 13.1 Å². The van der Waals surface area contributed by atoms with Crippen LogP contribution in [0.3, 0.4) is 0 Å². The van der Waals surface area contributed by atoms with E-state index in [1.165, 1.54) is 22.5 Å². The van der Waals surface area contributed by atoms with Crippen LogP contribution in [0.2, 0.25) is 0 Å². The zero-order valence-corrected chi connectivity index (χ0v) is 11.7. The Balaban J connectivity index is 3.09. The van der Waals surface area contributed by atoms with E-state index < -0.39 is 10.0 Å². The van der Waals surface area contributed by atoms with Crippen LogP contribution >= 0.6 is 0 Å². The number of aromatic hydroxyl groups is 1. The molecule has 0 saturated carbocycles. The fraction of sp³-hybridized carbons (Fsp3) is 0.500. The molecule has 1 aromatic rings. The molecule has 0 aliphatic heterocycles. The Hall–Kier alpha value is -1.27. The van der Waals surface area contributed by atoms with Gasteiger partial charge < -0.3 is 10.8 Å². The number of sulfonamides is 1. The van der Waals surface area contributed by atoms with E-state index in [4.69, 9.17) is 5.73 Å². The van der Waals surface area contributed by atoms with Crippen molar-refractivity contribution in [1.29, 1.82) is 0 Å².